The van der Waals surface area contributed by atoms with Crippen molar-refractivity contribution in [3.63, 3.8) is 0 Å². The van der Waals surface area contributed by atoms with Crippen LogP contribution in [0.1, 0.15) is 26.7 Å². The number of ether oxygens (including phenoxy) is 1. The number of aromatic nitrogens is 1. The molecule has 0 amide bonds. The lowest BCUT2D eigenvalue weighted by atomic mass is 10.1. The van der Waals surface area contributed by atoms with Gasteiger partial charge >= 0.3 is 0 Å². The molecule has 108 valence electrons. The van der Waals surface area contributed by atoms with Crippen LogP contribution in [0.25, 0.3) is 10.9 Å². The predicted molar refractivity (Wildman–Crippen MR) is 86.3 cm³/mol. The van der Waals surface area contributed by atoms with E-state index in [1.807, 2.05) is 6.07 Å². The maximum absolute atomic E-state index is 6.10. The summed E-state index contributed by atoms with van der Waals surface area (Å²) in [6.45, 7) is 5.25. The second-order valence-corrected chi connectivity index (χ2v) is 7.01. The van der Waals surface area contributed by atoms with E-state index in [0.29, 0.717) is 6.10 Å². The van der Waals surface area contributed by atoms with Crippen molar-refractivity contribution in [2.75, 3.05) is 12.0 Å². The van der Waals surface area contributed by atoms with Crippen molar-refractivity contribution < 1.29 is 4.74 Å². The molecule has 1 unspecified atom stereocenters. The normalized spacial score (nSPS) is 21.6. The number of hydrogen-bond donors (Lipinski definition) is 1. The lowest BCUT2D eigenvalue weighted by Gasteiger charge is -2.20. The quantitative estimate of drug-likeness (QED) is 0.688. The second kappa shape index (κ2) is 5.01. The smallest absolute Gasteiger partial charge is 0.0762 e. The minimum Gasteiger partial charge on any atom is -0.399 e. The van der Waals surface area contributed by atoms with E-state index in [4.69, 9.17) is 10.5 Å². The molecule has 0 bridgehead atoms. The number of anilines is 1. The van der Waals surface area contributed by atoms with Crippen molar-refractivity contribution >= 4 is 28.4 Å². The minimum atomic E-state index is 0.0249. The SMILES string of the molecule is CSc1cc(N)cc2c1ccn2CC1CCC(C)(C)O1. The summed E-state index contributed by atoms with van der Waals surface area (Å²) < 4.78 is 8.38. The predicted octanol–water partition coefficient (Wildman–Crippen LogP) is 3.90. The first-order valence-electron chi connectivity index (χ1n) is 7.09. The van der Waals surface area contributed by atoms with Crippen LogP contribution < -0.4 is 5.73 Å². The maximum Gasteiger partial charge on any atom is 0.0762 e. The number of nitrogen functional groups attached to an aromatic ring is 1. The third kappa shape index (κ3) is 2.54. The van der Waals surface area contributed by atoms with Gasteiger partial charge in [0, 0.05) is 28.7 Å². The van der Waals surface area contributed by atoms with Gasteiger partial charge in [-0.25, -0.2) is 0 Å². The third-order valence-corrected chi connectivity index (χ3v) is 4.83. The van der Waals surface area contributed by atoms with Gasteiger partial charge in [0.25, 0.3) is 0 Å². The molecule has 1 fully saturated rings. The number of rotatable bonds is 3. The first-order chi connectivity index (χ1) is 9.48. The van der Waals surface area contributed by atoms with Gasteiger partial charge in [0.1, 0.15) is 0 Å². The molecule has 1 aliphatic heterocycles. The molecule has 2 N–H and O–H groups in total. The zero-order valence-electron chi connectivity index (χ0n) is 12.3. The van der Waals surface area contributed by atoms with Crippen molar-refractivity contribution in [1.82, 2.24) is 4.57 Å². The van der Waals surface area contributed by atoms with E-state index in [1.54, 1.807) is 11.8 Å². The maximum atomic E-state index is 6.10. The number of nitrogens with two attached hydrogens (primary N) is 1. The molecule has 1 saturated heterocycles. The topological polar surface area (TPSA) is 40.2 Å². The Morgan fingerprint density at radius 2 is 2.25 bits per heavy atom. The first kappa shape index (κ1) is 13.8. The van der Waals surface area contributed by atoms with E-state index >= 15 is 0 Å². The molecule has 1 aliphatic rings. The van der Waals surface area contributed by atoms with Crippen LogP contribution in [0.2, 0.25) is 0 Å². The number of fused-ring (bicyclic) bond motifs is 1. The van der Waals surface area contributed by atoms with Gasteiger partial charge in [-0.3, -0.25) is 0 Å². The summed E-state index contributed by atoms with van der Waals surface area (Å²) in [5, 5.41) is 1.28. The van der Waals surface area contributed by atoms with Crippen LogP contribution in [-0.2, 0) is 11.3 Å². The van der Waals surface area contributed by atoms with Crippen molar-refractivity contribution in [3.05, 3.63) is 24.4 Å². The fraction of sp³-hybridized carbons (Fsp3) is 0.500. The van der Waals surface area contributed by atoms with Gasteiger partial charge in [0.05, 0.1) is 17.2 Å². The molecule has 4 heteroatoms. The molecule has 0 spiro atoms. The van der Waals surface area contributed by atoms with Crippen molar-refractivity contribution in [2.24, 2.45) is 0 Å². The van der Waals surface area contributed by atoms with Crippen LogP contribution in [0.5, 0.6) is 0 Å². The summed E-state index contributed by atoms with van der Waals surface area (Å²) in [4.78, 5) is 1.24. The Kier molecular flexibility index (Phi) is 3.46. The highest BCUT2D eigenvalue weighted by atomic mass is 32.2. The molecule has 1 aromatic carbocycles. The van der Waals surface area contributed by atoms with Crippen molar-refractivity contribution in [1.29, 1.82) is 0 Å². The summed E-state index contributed by atoms with van der Waals surface area (Å²) in [7, 11) is 0. The van der Waals surface area contributed by atoms with Gasteiger partial charge in [0.15, 0.2) is 0 Å². The third-order valence-electron chi connectivity index (χ3n) is 4.05. The van der Waals surface area contributed by atoms with Crippen LogP contribution >= 0.6 is 11.8 Å². The zero-order chi connectivity index (χ0) is 14.3. The van der Waals surface area contributed by atoms with Gasteiger partial charge < -0.3 is 15.0 Å². The van der Waals surface area contributed by atoms with Gasteiger partial charge in [-0.2, -0.15) is 0 Å². The lowest BCUT2D eigenvalue weighted by molar-refractivity contribution is -0.0212. The number of hydrogen-bond acceptors (Lipinski definition) is 3. The average Bonchev–Trinajstić information content (AvgIpc) is 2.93. The molecule has 0 radical (unpaired) electrons. The van der Waals surface area contributed by atoms with E-state index in [-0.39, 0.29) is 5.60 Å². The Bertz CT molecular complexity index is 633. The summed E-state index contributed by atoms with van der Waals surface area (Å²) in [6.07, 6.45) is 6.81. The Labute approximate surface area is 124 Å². The Balaban J connectivity index is 1.91. The second-order valence-electron chi connectivity index (χ2n) is 6.16. The molecular weight excluding hydrogens is 268 g/mol. The van der Waals surface area contributed by atoms with Crippen LogP contribution in [-0.4, -0.2) is 22.5 Å². The number of benzene rings is 1. The molecule has 2 aromatic rings. The number of thioether (sulfide) groups is 1. The lowest BCUT2D eigenvalue weighted by Crippen LogP contribution is -2.22. The Morgan fingerprint density at radius 1 is 1.45 bits per heavy atom. The number of nitrogens with zero attached hydrogens (tertiary/aromatic N) is 1. The largest absolute Gasteiger partial charge is 0.399 e. The Morgan fingerprint density at radius 3 is 2.90 bits per heavy atom. The molecule has 0 aliphatic carbocycles. The molecule has 1 atom stereocenters. The van der Waals surface area contributed by atoms with E-state index in [2.05, 4.69) is 43.0 Å². The molecular formula is C16H22N2OS. The van der Waals surface area contributed by atoms with Crippen LogP contribution in [0.4, 0.5) is 5.69 Å². The highest BCUT2D eigenvalue weighted by Crippen LogP contribution is 2.33. The zero-order valence-corrected chi connectivity index (χ0v) is 13.2. The van der Waals surface area contributed by atoms with E-state index in [1.165, 1.54) is 15.8 Å². The molecule has 0 saturated carbocycles. The van der Waals surface area contributed by atoms with Crippen LogP contribution in [0.15, 0.2) is 29.3 Å². The fourth-order valence-electron chi connectivity index (χ4n) is 3.04. The van der Waals surface area contributed by atoms with Crippen molar-refractivity contribution in [2.45, 2.75) is 49.8 Å². The fourth-order valence-corrected chi connectivity index (χ4v) is 3.68. The van der Waals surface area contributed by atoms with Gasteiger partial charge in [-0.15, -0.1) is 11.8 Å². The molecule has 3 nitrogen and oxygen atoms in total. The van der Waals surface area contributed by atoms with Crippen molar-refractivity contribution in [3.8, 4) is 0 Å². The van der Waals surface area contributed by atoms with Gasteiger partial charge in [-0.1, -0.05) is 0 Å². The molecule has 3 rings (SSSR count). The van der Waals surface area contributed by atoms with Crippen LogP contribution in [0, 0.1) is 0 Å². The van der Waals surface area contributed by atoms with Gasteiger partial charge in [0.2, 0.25) is 0 Å². The highest BCUT2D eigenvalue weighted by molar-refractivity contribution is 7.98. The molecule has 2 heterocycles. The summed E-state index contributed by atoms with van der Waals surface area (Å²) in [5.74, 6) is 0. The summed E-state index contributed by atoms with van der Waals surface area (Å²) >= 11 is 1.74. The van der Waals surface area contributed by atoms with Gasteiger partial charge in [-0.05, 0) is 51.1 Å². The van der Waals surface area contributed by atoms with Crippen LogP contribution in [0.3, 0.4) is 0 Å². The summed E-state index contributed by atoms with van der Waals surface area (Å²) in [5.41, 5.74) is 8.09. The minimum absolute atomic E-state index is 0.0249. The van der Waals surface area contributed by atoms with E-state index in [9.17, 15) is 0 Å². The summed E-state index contributed by atoms with van der Waals surface area (Å²) in [6, 6.07) is 6.29. The average molecular weight is 290 g/mol. The monoisotopic (exact) mass is 290 g/mol. The standard InChI is InChI=1S/C16H22N2OS/c1-16(2)6-4-12(19-16)10-18-7-5-13-14(18)8-11(17)9-15(13)20-3/h5,7-9,12H,4,6,10,17H2,1-3H3. The Hall–Kier alpha value is -1.13. The van der Waals surface area contributed by atoms with E-state index in [0.717, 1.165) is 25.1 Å². The first-order valence-corrected chi connectivity index (χ1v) is 8.31. The van der Waals surface area contributed by atoms with E-state index < -0.39 is 0 Å². The molecule has 1 aromatic heterocycles. The molecule has 20 heavy (non-hydrogen) atoms. The highest BCUT2D eigenvalue weighted by Gasteiger charge is 2.31.